The van der Waals surface area contributed by atoms with E-state index in [-0.39, 0.29) is 30.0 Å². The Morgan fingerprint density at radius 2 is 2.08 bits per heavy atom. The third kappa shape index (κ3) is 6.74. The lowest BCUT2D eigenvalue weighted by molar-refractivity contribution is 0.0180. The number of benzene rings is 1. The number of nitrogens with one attached hydrogen (secondary N) is 1. The van der Waals surface area contributed by atoms with Crippen LogP contribution < -0.4 is 11.1 Å². The van der Waals surface area contributed by atoms with Gasteiger partial charge in [0.05, 0.1) is 25.8 Å². The van der Waals surface area contributed by atoms with E-state index >= 15 is 0 Å². The number of unbranched alkanes of at least 4 members (excludes halogenated alkanes) is 1. The second kappa shape index (κ2) is 11.9. The highest BCUT2D eigenvalue weighted by atomic mass is 127. The van der Waals surface area contributed by atoms with Gasteiger partial charge >= 0.3 is 0 Å². The van der Waals surface area contributed by atoms with Crippen molar-refractivity contribution in [1.82, 2.24) is 10.2 Å². The first-order chi connectivity index (χ1) is 11.2. The van der Waals surface area contributed by atoms with Crippen molar-refractivity contribution in [2.24, 2.45) is 10.7 Å². The molecular weight excluding hydrogens is 439 g/mol. The van der Waals surface area contributed by atoms with Gasteiger partial charge in [-0.3, -0.25) is 9.89 Å². The Labute approximate surface area is 167 Å². The molecule has 5 nitrogen and oxygen atoms in total. The molecule has 1 aromatic carbocycles. The maximum Gasteiger partial charge on any atom is 0.188 e. The Bertz CT molecular complexity index is 509. The minimum Gasteiger partial charge on any atom is -0.379 e. The van der Waals surface area contributed by atoms with Crippen molar-refractivity contribution in [3.63, 3.8) is 0 Å². The standard InChI is InChI=1S/C17H27ClN4O.HI/c1-2-3-8-20-17(19)21-13-16(22-9-11-23-12-10-22)14-6-4-5-7-15(14)18;/h4-7,16H,2-3,8-13H2,1H3,(H3,19,20,21);1H. The molecule has 0 saturated carbocycles. The van der Waals surface area contributed by atoms with Crippen LogP contribution in [0.4, 0.5) is 0 Å². The van der Waals surface area contributed by atoms with Gasteiger partial charge in [-0.1, -0.05) is 43.1 Å². The van der Waals surface area contributed by atoms with Crippen LogP contribution in [0.15, 0.2) is 29.3 Å². The van der Waals surface area contributed by atoms with Gasteiger partial charge in [-0.2, -0.15) is 0 Å². The molecule has 3 N–H and O–H groups in total. The Kier molecular flexibility index (Phi) is 10.6. The topological polar surface area (TPSA) is 62.9 Å². The SMILES string of the molecule is CCCCNC(N)=NCC(c1ccccc1Cl)N1CCOCC1.I. The van der Waals surface area contributed by atoms with Gasteiger partial charge in [0.15, 0.2) is 5.96 Å². The highest BCUT2D eigenvalue weighted by Gasteiger charge is 2.24. The van der Waals surface area contributed by atoms with Crippen LogP contribution in [0.5, 0.6) is 0 Å². The van der Waals surface area contributed by atoms with Gasteiger partial charge in [0.25, 0.3) is 0 Å². The zero-order valence-electron chi connectivity index (χ0n) is 14.2. The average Bonchev–Trinajstić information content (AvgIpc) is 2.58. The van der Waals surface area contributed by atoms with E-state index in [1.807, 2.05) is 18.2 Å². The van der Waals surface area contributed by atoms with Crippen LogP contribution in [0.3, 0.4) is 0 Å². The summed E-state index contributed by atoms with van der Waals surface area (Å²) in [5, 5.41) is 3.93. The minimum atomic E-state index is 0. The van der Waals surface area contributed by atoms with E-state index in [0.29, 0.717) is 12.5 Å². The molecule has 0 bridgehead atoms. The zero-order valence-corrected chi connectivity index (χ0v) is 17.3. The number of guanidine groups is 1. The molecule has 0 spiro atoms. The molecule has 1 heterocycles. The summed E-state index contributed by atoms with van der Waals surface area (Å²) in [6.07, 6.45) is 2.23. The number of nitrogens with two attached hydrogens (primary N) is 1. The molecule has 7 heteroatoms. The van der Waals surface area contributed by atoms with Crippen molar-refractivity contribution in [2.45, 2.75) is 25.8 Å². The molecule has 24 heavy (non-hydrogen) atoms. The number of ether oxygens (including phenoxy) is 1. The van der Waals surface area contributed by atoms with Crippen molar-refractivity contribution in [3.05, 3.63) is 34.9 Å². The molecular formula is C17H28ClIN4O. The molecule has 1 saturated heterocycles. The van der Waals surface area contributed by atoms with Crippen LogP contribution in [0.25, 0.3) is 0 Å². The average molecular weight is 467 g/mol. The predicted molar refractivity (Wildman–Crippen MR) is 111 cm³/mol. The normalized spacial score (nSPS) is 17.2. The van der Waals surface area contributed by atoms with Crippen LogP contribution in [0.1, 0.15) is 31.4 Å². The second-order valence-corrected chi connectivity index (χ2v) is 6.10. The number of halogens is 2. The largest absolute Gasteiger partial charge is 0.379 e. The van der Waals surface area contributed by atoms with Gasteiger partial charge in [0.1, 0.15) is 0 Å². The van der Waals surface area contributed by atoms with Gasteiger partial charge in [-0.15, -0.1) is 24.0 Å². The summed E-state index contributed by atoms with van der Waals surface area (Å²) < 4.78 is 5.46. The van der Waals surface area contributed by atoms with Crippen LogP contribution in [0.2, 0.25) is 5.02 Å². The lowest BCUT2D eigenvalue weighted by Crippen LogP contribution is -2.41. The first-order valence-corrected chi connectivity index (χ1v) is 8.70. The van der Waals surface area contributed by atoms with Crippen molar-refractivity contribution >= 4 is 41.5 Å². The van der Waals surface area contributed by atoms with E-state index in [4.69, 9.17) is 22.1 Å². The number of morpholine rings is 1. The van der Waals surface area contributed by atoms with Gasteiger partial charge in [0, 0.05) is 24.7 Å². The molecule has 0 amide bonds. The number of nitrogens with zero attached hydrogens (tertiary/aromatic N) is 2. The van der Waals surface area contributed by atoms with E-state index in [2.05, 4.69) is 28.2 Å². The van der Waals surface area contributed by atoms with Crippen molar-refractivity contribution in [2.75, 3.05) is 39.4 Å². The summed E-state index contributed by atoms with van der Waals surface area (Å²) in [5.74, 6) is 0.503. The molecule has 1 aliphatic rings. The summed E-state index contributed by atoms with van der Waals surface area (Å²) in [5.41, 5.74) is 7.07. The fourth-order valence-electron chi connectivity index (χ4n) is 2.68. The van der Waals surface area contributed by atoms with Gasteiger partial charge in [-0.05, 0) is 18.1 Å². The molecule has 1 atom stereocenters. The highest BCUT2D eigenvalue weighted by Crippen LogP contribution is 2.28. The first-order valence-electron chi connectivity index (χ1n) is 8.32. The number of rotatable bonds is 7. The number of hydrogen-bond acceptors (Lipinski definition) is 3. The number of hydrogen-bond donors (Lipinski definition) is 2. The maximum atomic E-state index is 6.40. The van der Waals surface area contributed by atoms with Crippen molar-refractivity contribution in [1.29, 1.82) is 0 Å². The zero-order chi connectivity index (χ0) is 16.5. The lowest BCUT2D eigenvalue weighted by atomic mass is 10.0. The summed E-state index contributed by atoms with van der Waals surface area (Å²) in [6, 6.07) is 8.09. The molecule has 1 fully saturated rings. The van der Waals surface area contributed by atoms with Crippen LogP contribution in [0, 0.1) is 0 Å². The molecule has 0 aliphatic carbocycles. The predicted octanol–water partition coefficient (Wildman–Crippen LogP) is 3.04. The smallest absolute Gasteiger partial charge is 0.188 e. The fraction of sp³-hybridized carbons (Fsp3) is 0.588. The van der Waals surface area contributed by atoms with Crippen molar-refractivity contribution < 1.29 is 4.74 Å². The molecule has 136 valence electrons. The quantitative estimate of drug-likeness (QED) is 0.281. The fourth-order valence-corrected chi connectivity index (χ4v) is 2.94. The van der Waals surface area contributed by atoms with Gasteiger partial charge < -0.3 is 15.8 Å². The summed E-state index contributed by atoms with van der Waals surface area (Å²) in [6.45, 7) is 6.86. The Morgan fingerprint density at radius 3 is 2.75 bits per heavy atom. The molecule has 1 aliphatic heterocycles. The van der Waals surface area contributed by atoms with Crippen LogP contribution in [-0.2, 0) is 4.74 Å². The van der Waals surface area contributed by atoms with Gasteiger partial charge in [0.2, 0.25) is 0 Å². The molecule has 0 radical (unpaired) electrons. The van der Waals surface area contributed by atoms with E-state index < -0.39 is 0 Å². The third-order valence-corrected chi connectivity index (χ3v) is 4.37. The molecule has 1 unspecified atom stereocenters. The second-order valence-electron chi connectivity index (χ2n) is 5.69. The van der Waals surface area contributed by atoms with Gasteiger partial charge in [-0.25, -0.2) is 0 Å². The monoisotopic (exact) mass is 466 g/mol. The van der Waals surface area contributed by atoms with E-state index in [1.54, 1.807) is 0 Å². The maximum absolute atomic E-state index is 6.40. The number of aliphatic imine (C=N–C) groups is 1. The molecule has 1 aromatic rings. The highest BCUT2D eigenvalue weighted by molar-refractivity contribution is 14.0. The summed E-state index contributed by atoms with van der Waals surface area (Å²) in [7, 11) is 0. The molecule has 2 rings (SSSR count). The molecule has 0 aromatic heterocycles. The van der Waals surface area contributed by atoms with E-state index in [1.165, 1.54) is 0 Å². The van der Waals surface area contributed by atoms with Crippen LogP contribution in [-0.4, -0.2) is 50.3 Å². The minimum absolute atomic E-state index is 0. The van der Waals surface area contributed by atoms with E-state index in [9.17, 15) is 0 Å². The Balaban J connectivity index is 0.00000288. The summed E-state index contributed by atoms with van der Waals surface area (Å²) in [4.78, 5) is 6.90. The summed E-state index contributed by atoms with van der Waals surface area (Å²) >= 11 is 6.40. The van der Waals surface area contributed by atoms with E-state index in [0.717, 1.165) is 56.3 Å². The Hall–Kier alpha value is -0.570. The first kappa shape index (κ1) is 21.5. The van der Waals surface area contributed by atoms with Crippen molar-refractivity contribution in [3.8, 4) is 0 Å². The lowest BCUT2D eigenvalue weighted by Gasteiger charge is -2.34. The third-order valence-electron chi connectivity index (χ3n) is 4.02. The van der Waals surface area contributed by atoms with Crippen LogP contribution >= 0.6 is 35.6 Å². The Morgan fingerprint density at radius 1 is 1.38 bits per heavy atom.